The smallest absolute Gasteiger partial charge is 0.139 e. The number of rotatable bonds is 7. The summed E-state index contributed by atoms with van der Waals surface area (Å²) in [6, 6.07) is 0. The molecule has 4 unspecified atom stereocenters. The lowest BCUT2D eigenvalue weighted by Crippen LogP contribution is -2.61. The van der Waals surface area contributed by atoms with Gasteiger partial charge in [-0.05, 0) is 79.4 Å². The number of hydrogen-bond acceptors (Lipinski definition) is 5. The highest BCUT2D eigenvalue weighted by Crippen LogP contribution is 2.67. The van der Waals surface area contributed by atoms with Gasteiger partial charge in [0.2, 0.25) is 0 Å². The van der Waals surface area contributed by atoms with Crippen LogP contribution in [0.2, 0.25) is 0 Å². The fourth-order valence-corrected chi connectivity index (χ4v) is 8.75. The molecule has 5 heteroatoms. The van der Waals surface area contributed by atoms with E-state index in [1.54, 1.807) is 0 Å². The van der Waals surface area contributed by atoms with E-state index >= 15 is 0 Å². The van der Waals surface area contributed by atoms with Gasteiger partial charge in [-0.2, -0.15) is 0 Å². The Kier molecular flexibility index (Phi) is 6.90. The molecular weight excluding hydrogens is 388 g/mol. The third-order valence-corrected chi connectivity index (χ3v) is 10.3. The maximum atomic E-state index is 13.8. The minimum Gasteiger partial charge on any atom is -0.377 e. The average molecular weight is 435 g/mol. The molecule has 0 radical (unpaired) electrons. The Labute approximate surface area is 189 Å². The van der Waals surface area contributed by atoms with Crippen LogP contribution >= 0.6 is 0 Å². The average Bonchev–Trinajstić information content (AvgIpc) is 3.10. The van der Waals surface area contributed by atoms with Crippen LogP contribution in [0.1, 0.15) is 72.6 Å². The van der Waals surface area contributed by atoms with Gasteiger partial charge in [0.25, 0.3) is 0 Å². The number of Topliss-reactive ketones (excluding diaryl/α,β-unsaturated/α-hetero) is 1. The summed E-state index contributed by atoms with van der Waals surface area (Å²) in [7, 11) is 0. The van der Waals surface area contributed by atoms with Gasteiger partial charge >= 0.3 is 0 Å². The summed E-state index contributed by atoms with van der Waals surface area (Å²) in [5, 5.41) is 0. The molecule has 4 aliphatic carbocycles. The fraction of sp³-hybridized carbons (Fsp3) is 0.962. The molecule has 0 aliphatic heterocycles. The van der Waals surface area contributed by atoms with Crippen molar-refractivity contribution >= 4 is 5.78 Å². The molecule has 0 aromatic heterocycles. The van der Waals surface area contributed by atoms with Crippen molar-refractivity contribution in [1.29, 1.82) is 0 Å². The van der Waals surface area contributed by atoms with E-state index in [9.17, 15) is 4.79 Å². The number of ketones is 1. The zero-order valence-corrected chi connectivity index (χ0v) is 20.3. The van der Waals surface area contributed by atoms with E-state index in [-0.39, 0.29) is 16.9 Å². The molecule has 4 aliphatic rings. The zero-order chi connectivity index (χ0) is 22.4. The second-order valence-electron chi connectivity index (χ2n) is 11.8. The topological polar surface area (TPSA) is 87.6 Å². The van der Waals surface area contributed by atoms with E-state index in [0.717, 1.165) is 32.1 Å². The zero-order valence-electron chi connectivity index (χ0n) is 20.3. The van der Waals surface area contributed by atoms with Crippen molar-refractivity contribution in [3.8, 4) is 0 Å². The van der Waals surface area contributed by atoms with Crippen LogP contribution in [0.4, 0.5) is 0 Å². The highest BCUT2D eigenvalue weighted by atomic mass is 16.5. The first-order valence-electron chi connectivity index (χ1n) is 12.9. The van der Waals surface area contributed by atoms with Gasteiger partial charge in [0.1, 0.15) is 5.78 Å². The van der Waals surface area contributed by atoms with E-state index < -0.39 is 0 Å². The van der Waals surface area contributed by atoms with E-state index in [1.807, 2.05) is 0 Å². The minimum absolute atomic E-state index is 0.176. The number of fused-ring (bicyclic) bond motifs is 5. The highest BCUT2D eigenvalue weighted by molar-refractivity contribution is 5.87. The first-order chi connectivity index (χ1) is 14.8. The number of carbonyl (C=O) groups is 1. The molecule has 0 heterocycles. The SMILES string of the molecule is CC(C)[C@H]1CC[C@H]2C3C(OCCN)CC4CC(OCCN)CC[C@]4(C)[C@H]3CC(=O)[C@]12C. The van der Waals surface area contributed by atoms with Gasteiger partial charge in [-0.1, -0.05) is 27.7 Å². The molecule has 178 valence electrons. The standard InChI is InChI=1S/C26H46N2O3/c1-16(2)19-5-6-20-24-21(15-23(29)26(19,20)4)25(3)8-7-18(30-11-9-27)13-17(25)14-22(24)31-12-10-28/h16-22,24H,5-15,27-28H2,1-4H3/t17?,18?,19-,20+,21+,22?,24?,25+,26-/m1/s1. The van der Waals surface area contributed by atoms with Crippen LogP contribution in [-0.2, 0) is 14.3 Å². The molecule has 5 nitrogen and oxygen atoms in total. The molecule has 0 spiro atoms. The predicted molar refractivity (Wildman–Crippen MR) is 123 cm³/mol. The lowest BCUT2D eigenvalue weighted by molar-refractivity contribution is -0.192. The summed E-state index contributed by atoms with van der Waals surface area (Å²) in [6.07, 6.45) is 8.05. The molecule has 0 aromatic rings. The molecule has 31 heavy (non-hydrogen) atoms. The van der Waals surface area contributed by atoms with Gasteiger partial charge in [0.15, 0.2) is 0 Å². The molecule has 0 amide bonds. The molecule has 0 saturated heterocycles. The van der Waals surface area contributed by atoms with Crippen molar-refractivity contribution < 1.29 is 14.3 Å². The molecule has 4 rings (SSSR count). The van der Waals surface area contributed by atoms with E-state index in [0.29, 0.717) is 73.7 Å². The van der Waals surface area contributed by atoms with Crippen LogP contribution in [0.3, 0.4) is 0 Å². The van der Waals surface area contributed by atoms with Crippen molar-refractivity contribution in [3.63, 3.8) is 0 Å². The fourth-order valence-electron chi connectivity index (χ4n) is 8.75. The maximum absolute atomic E-state index is 13.8. The Morgan fingerprint density at radius 2 is 1.71 bits per heavy atom. The minimum atomic E-state index is -0.176. The molecule has 0 aromatic carbocycles. The summed E-state index contributed by atoms with van der Waals surface area (Å²) in [5.74, 6) is 3.52. The van der Waals surface area contributed by atoms with Crippen molar-refractivity contribution in [2.75, 3.05) is 26.3 Å². The maximum Gasteiger partial charge on any atom is 0.139 e. The largest absolute Gasteiger partial charge is 0.377 e. The Morgan fingerprint density at radius 1 is 1.00 bits per heavy atom. The van der Waals surface area contributed by atoms with Crippen LogP contribution in [0.25, 0.3) is 0 Å². The molecule has 4 fully saturated rings. The summed E-state index contributed by atoms with van der Waals surface area (Å²) < 4.78 is 12.6. The second-order valence-corrected chi connectivity index (χ2v) is 11.8. The van der Waals surface area contributed by atoms with Crippen LogP contribution in [0, 0.1) is 46.3 Å². The first kappa shape index (κ1) is 23.7. The Morgan fingerprint density at radius 3 is 2.39 bits per heavy atom. The van der Waals surface area contributed by atoms with Crippen LogP contribution in [-0.4, -0.2) is 44.3 Å². The first-order valence-corrected chi connectivity index (χ1v) is 12.9. The van der Waals surface area contributed by atoms with Gasteiger partial charge in [0, 0.05) is 24.9 Å². The molecular formula is C26H46N2O3. The number of nitrogens with two attached hydrogens (primary N) is 2. The van der Waals surface area contributed by atoms with Crippen molar-refractivity contribution in [2.45, 2.75) is 84.8 Å². The van der Waals surface area contributed by atoms with Gasteiger partial charge < -0.3 is 20.9 Å². The van der Waals surface area contributed by atoms with Gasteiger partial charge in [-0.25, -0.2) is 0 Å². The molecule has 4 saturated carbocycles. The number of hydrogen-bond donors (Lipinski definition) is 2. The van der Waals surface area contributed by atoms with E-state index in [2.05, 4.69) is 27.7 Å². The summed E-state index contributed by atoms with van der Waals surface area (Å²) >= 11 is 0. The van der Waals surface area contributed by atoms with Gasteiger partial charge in [0.05, 0.1) is 25.4 Å². The lowest BCUT2D eigenvalue weighted by Gasteiger charge is -2.62. The normalized spacial score (nSPS) is 47.2. The molecule has 4 N–H and O–H groups in total. The Hall–Kier alpha value is -0.490. The monoisotopic (exact) mass is 434 g/mol. The number of carbonyl (C=O) groups excluding carboxylic acids is 1. The third kappa shape index (κ3) is 3.82. The van der Waals surface area contributed by atoms with E-state index in [1.165, 1.54) is 12.8 Å². The van der Waals surface area contributed by atoms with Crippen LogP contribution in [0.5, 0.6) is 0 Å². The molecule has 9 atom stereocenters. The summed E-state index contributed by atoms with van der Waals surface area (Å²) in [4.78, 5) is 13.8. The summed E-state index contributed by atoms with van der Waals surface area (Å²) in [6.45, 7) is 11.8. The van der Waals surface area contributed by atoms with Gasteiger partial charge in [-0.3, -0.25) is 4.79 Å². The third-order valence-electron chi connectivity index (χ3n) is 10.3. The Balaban J connectivity index is 1.65. The lowest BCUT2D eigenvalue weighted by atomic mass is 9.43. The van der Waals surface area contributed by atoms with Crippen molar-refractivity contribution in [2.24, 2.45) is 57.8 Å². The predicted octanol–water partition coefficient (Wildman–Crippen LogP) is 3.78. The van der Waals surface area contributed by atoms with Gasteiger partial charge in [-0.15, -0.1) is 0 Å². The van der Waals surface area contributed by atoms with Crippen LogP contribution in [0.15, 0.2) is 0 Å². The highest BCUT2D eigenvalue weighted by Gasteiger charge is 2.66. The Bertz CT molecular complexity index is 655. The van der Waals surface area contributed by atoms with Crippen LogP contribution < -0.4 is 11.5 Å². The number of ether oxygens (including phenoxy) is 2. The molecule has 0 bridgehead atoms. The van der Waals surface area contributed by atoms with Crippen molar-refractivity contribution in [1.82, 2.24) is 0 Å². The van der Waals surface area contributed by atoms with Crippen molar-refractivity contribution in [3.05, 3.63) is 0 Å². The second kappa shape index (κ2) is 9.04. The van der Waals surface area contributed by atoms with E-state index in [4.69, 9.17) is 20.9 Å². The summed E-state index contributed by atoms with van der Waals surface area (Å²) in [5.41, 5.74) is 11.6. The quantitative estimate of drug-likeness (QED) is 0.637.